The van der Waals surface area contributed by atoms with Gasteiger partial charge in [0, 0.05) is 11.5 Å². The van der Waals surface area contributed by atoms with E-state index in [1.165, 1.54) is 0 Å². The van der Waals surface area contributed by atoms with Crippen LogP contribution in [0.5, 0.6) is 0 Å². The summed E-state index contributed by atoms with van der Waals surface area (Å²) in [7, 11) is 0. The van der Waals surface area contributed by atoms with Gasteiger partial charge in [-0.15, -0.1) is 0 Å². The van der Waals surface area contributed by atoms with E-state index in [4.69, 9.17) is 5.11 Å². The van der Waals surface area contributed by atoms with Crippen molar-refractivity contribution in [2.45, 2.75) is 32.3 Å². The zero-order valence-electron chi connectivity index (χ0n) is 7.12. The van der Waals surface area contributed by atoms with Gasteiger partial charge in [-0.05, 0) is 6.42 Å². The molecule has 0 aromatic carbocycles. The summed E-state index contributed by atoms with van der Waals surface area (Å²) < 4.78 is 0. The van der Waals surface area contributed by atoms with E-state index in [0.29, 0.717) is 0 Å². The van der Waals surface area contributed by atoms with Gasteiger partial charge in [-0.1, -0.05) is 19.8 Å². The van der Waals surface area contributed by atoms with E-state index < -0.39 is 0 Å². The molecule has 0 fully saturated rings. The van der Waals surface area contributed by atoms with E-state index in [-0.39, 0.29) is 12.7 Å². The molecule has 0 bridgehead atoms. The van der Waals surface area contributed by atoms with Crippen molar-refractivity contribution >= 4 is 11.8 Å². The fourth-order valence-corrected chi connectivity index (χ4v) is 1.54. The van der Waals surface area contributed by atoms with Gasteiger partial charge in [0.05, 0.1) is 12.7 Å². The Labute approximate surface area is 73.0 Å². The quantitative estimate of drug-likeness (QED) is 0.577. The zero-order valence-corrected chi connectivity index (χ0v) is 7.94. The van der Waals surface area contributed by atoms with Crippen LogP contribution in [0, 0.1) is 0 Å². The van der Waals surface area contributed by atoms with Gasteiger partial charge in [-0.25, -0.2) is 0 Å². The predicted molar refractivity (Wildman–Crippen MR) is 49.9 cm³/mol. The molecular weight excluding hydrogens is 160 g/mol. The summed E-state index contributed by atoms with van der Waals surface area (Å²) in [4.78, 5) is 0. The molecule has 1 atom stereocenters. The smallest absolute Gasteiger partial charge is 0.0630 e. The second-order valence-corrected chi connectivity index (χ2v) is 3.74. The fourth-order valence-electron chi connectivity index (χ4n) is 0.807. The van der Waals surface area contributed by atoms with Gasteiger partial charge in [0.1, 0.15) is 0 Å². The number of thioether (sulfide) groups is 1. The average molecular weight is 178 g/mol. The van der Waals surface area contributed by atoms with Crippen molar-refractivity contribution in [2.75, 3.05) is 18.1 Å². The number of hydrogen-bond acceptors (Lipinski definition) is 3. The normalized spacial score (nSPS) is 13.4. The molecule has 0 aliphatic carbocycles. The van der Waals surface area contributed by atoms with E-state index in [0.717, 1.165) is 30.8 Å². The Balaban J connectivity index is 3.02. The molecule has 3 heteroatoms. The van der Waals surface area contributed by atoms with Crippen LogP contribution in [0.3, 0.4) is 0 Å². The Morgan fingerprint density at radius 3 is 2.73 bits per heavy atom. The molecule has 0 aromatic rings. The van der Waals surface area contributed by atoms with Crippen LogP contribution < -0.4 is 0 Å². The maximum absolute atomic E-state index is 9.30. The molecule has 0 aliphatic rings. The maximum Gasteiger partial charge on any atom is 0.0630 e. The molecule has 0 radical (unpaired) electrons. The minimum atomic E-state index is -0.175. The lowest BCUT2D eigenvalue weighted by Gasteiger charge is -2.07. The second-order valence-electron chi connectivity index (χ2n) is 2.59. The third-order valence-corrected chi connectivity index (χ3v) is 2.53. The van der Waals surface area contributed by atoms with Crippen molar-refractivity contribution in [3.8, 4) is 0 Å². The molecule has 0 spiro atoms. The summed E-state index contributed by atoms with van der Waals surface area (Å²) in [6.07, 6.45) is 2.96. The van der Waals surface area contributed by atoms with Crippen LogP contribution in [0.4, 0.5) is 0 Å². The van der Waals surface area contributed by atoms with Gasteiger partial charge in [-0.2, -0.15) is 11.8 Å². The Morgan fingerprint density at radius 2 is 2.18 bits per heavy atom. The Hall–Kier alpha value is 0.270. The van der Waals surface area contributed by atoms with E-state index in [2.05, 4.69) is 6.92 Å². The molecular formula is C8H18O2S. The third kappa shape index (κ3) is 8.17. The minimum absolute atomic E-state index is 0.175. The first kappa shape index (κ1) is 11.3. The molecule has 1 unspecified atom stereocenters. The summed E-state index contributed by atoms with van der Waals surface area (Å²) in [5, 5.41) is 17.8. The lowest BCUT2D eigenvalue weighted by molar-refractivity contribution is 0.186. The van der Waals surface area contributed by atoms with Gasteiger partial charge in [-0.3, -0.25) is 0 Å². The second kappa shape index (κ2) is 8.37. The first-order valence-corrected chi connectivity index (χ1v) is 5.33. The third-order valence-electron chi connectivity index (χ3n) is 1.44. The zero-order chi connectivity index (χ0) is 8.53. The van der Waals surface area contributed by atoms with Gasteiger partial charge < -0.3 is 10.2 Å². The Kier molecular flexibility index (Phi) is 8.57. The van der Waals surface area contributed by atoms with Crippen LogP contribution in [0.25, 0.3) is 0 Å². The van der Waals surface area contributed by atoms with E-state index >= 15 is 0 Å². The number of hydrogen-bond donors (Lipinski definition) is 2. The Morgan fingerprint density at radius 1 is 1.45 bits per heavy atom. The van der Waals surface area contributed by atoms with Gasteiger partial charge in [0.2, 0.25) is 0 Å². The number of rotatable bonds is 7. The first-order valence-electron chi connectivity index (χ1n) is 4.18. The highest BCUT2D eigenvalue weighted by atomic mass is 32.2. The summed E-state index contributed by atoms with van der Waals surface area (Å²) in [6, 6.07) is 0. The molecule has 0 saturated carbocycles. The van der Waals surface area contributed by atoms with Crippen LogP contribution in [-0.4, -0.2) is 34.4 Å². The van der Waals surface area contributed by atoms with Crippen molar-refractivity contribution < 1.29 is 10.2 Å². The highest BCUT2D eigenvalue weighted by Crippen LogP contribution is 2.07. The molecule has 0 amide bonds. The van der Waals surface area contributed by atoms with Crippen molar-refractivity contribution in [3.63, 3.8) is 0 Å². The lowest BCUT2D eigenvalue weighted by Crippen LogP contribution is -2.10. The van der Waals surface area contributed by atoms with Crippen LogP contribution in [-0.2, 0) is 0 Å². The minimum Gasteiger partial charge on any atom is -0.396 e. The van der Waals surface area contributed by atoms with Gasteiger partial charge >= 0.3 is 0 Å². The Bertz CT molecular complexity index is 78.5. The topological polar surface area (TPSA) is 40.5 Å². The van der Waals surface area contributed by atoms with E-state index in [9.17, 15) is 5.11 Å². The molecule has 0 aliphatic heterocycles. The van der Waals surface area contributed by atoms with Gasteiger partial charge in [0.25, 0.3) is 0 Å². The van der Waals surface area contributed by atoms with Crippen LogP contribution >= 0.6 is 11.8 Å². The van der Waals surface area contributed by atoms with Crippen molar-refractivity contribution in [1.82, 2.24) is 0 Å². The molecule has 0 heterocycles. The standard InChI is InChI=1S/C8H18O2S/c1-2-3-4-8(10)7-11-6-5-9/h8-10H,2-7H2,1H3. The SMILES string of the molecule is CCCCC(O)CSCCO. The molecule has 0 saturated heterocycles. The van der Waals surface area contributed by atoms with Crippen molar-refractivity contribution in [1.29, 1.82) is 0 Å². The summed E-state index contributed by atoms with van der Waals surface area (Å²) in [5.74, 6) is 1.50. The largest absolute Gasteiger partial charge is 0.396 e. The molecule has 2 N–H and O–H groups in total. The molecule has 68 valence electrons. The van der Waals surface area contributed by atoms with Crippen molar-refractivity contribution in [3.05, 3.63) is 0 Å². The van der Waals surface area contributed by atoms with E-state index in [1.54, 1.807) is 11.8 Å². The van der Waals surface area contributed by atoms with Crippen LogP contribution in [0.2, 0.25) is 0 Å². The van der Waals surface area contributed by atoms with Crippen LogP contribution in [0.1, 0.15) is 26.2 Å². The van der Waals surface area contributed by atoms with Crippen molar-refractivity contribution in [2.24, 2.45) is 0 Å². The maximum atomic E-state index is 9.30. The molecule has 11 heavy (non-hydrogen) atoms. The molecule has 0 aromatic heterocycles. The predicted octanol–water partition coefficient (Wildman–Crippen LogP) is 1.26. The van der Waals surface area contributed by atoms with Gasteiger partial charge in [0.15, 0.2) is 0 Å². The van der Waals surface area contributed by atoms with Crippen LogP contribution in [0.15, 0.2) is 0 Å². The number of unbranched alkanes of at least 4 members (excludes halogenated alkanes) is 1. The highest BCUT2D eigenvalue weighted by Gasteiger charge is 2.01. The average Bonchev–Trinajstić information content (AvgIpc) is 2.01. The van der Waals surface area contributed by atoms with E-state index in [1.807, 2.05) is 0 Å². The molecule has 2 nitrogen and oxygen atoms in total. The first-order chi connectivity index (χ1) is 5.31. The number of aliphatic hydroxyl groups is 2. The summed E-state index contributed by atoms with van der Waals surface area (Å²) in [6.45, 7) is 2.33. The number of aliphatic hydroxyl groups excluding tert-OH is 2. The monoisotopic (exact) mass is 178 g/mol. The lowest BCUT2D eigenvalue weighted by atomic mass is 10.2. The summed E-state index contributed by atoms with van der Waals surface area (Å²) >= 11 is 1.61. The molecule has 0 rings (SSSR count). The fraction of sp³-hybridized carbons (Fsp3) is 1.00. The highest BCUT2D eigenvalue weighted by molar-refractivity contribution is 7.99. The summed E-state index contributed by atoms with van der Waals surface area (Å²) in [5.41, 5.74) is 0.